The SMILES string of the molecule is CC1CCCCN1c1ccc(-n2cnnc2)cc1Br. The van der Waals surface area contributed by atoms with E-state index in [9.17, 15) is 0 Å². The van der Waals surface area contributed by atoms with E-state index in [0.717, 1.165) is 16.7 Å². The fourth-order valence-electron chi connectivity index (χ4n) is 2.68. The lowest BCUT2D eigenvalue weighted by Gasteiger charge is -2.36. The summed E-state index contributed by atoms with van der Waals surface area (Å²) in [7, 11) is 0. The average molecular weight is 321 g/mol. The highest BCUT2D eigenvalue weighted by molar-refractivity contribution is 9.10. The first-order valence-corrected chi connectivity index (χ1v) is 7.46. The second-order valence-corrected chi connectivity index (χ2v) is 5.90. The Morgan fingerprint density at radius 1 is 1.21 bits per heavy atom. The summed E-state index contributed by atoms with van der Waals surface area (Å²) in [6.45, 7) is 3.45. The standard InChI is InChI=1S/C14H17BrN4/c1-11-4-2-3-7-19(11)14-6-5-12(8-13(14)15)18-9-16-17-10-18/h5-6,8-11H,2-4,7H2,1H3. The fraction of sp³-hybridized carbons (Fsp3) is 0.429. The summed E-state index contributed by atoms with van der Waals surface area (Å²) < 4.78 is 3.04. The van der Waals surface area contributed by atoms with Crippen molar-refractivity contribution in [2.45, 2.75) is 32.2 Å². The second kappa shape index (κ2) is 5.33. The lowest BCUT2D eigenvalue weighted by Crippen LogP contribution is -2.37. The molecular weight excluding hydrogens is 304 g/mol. The lowest BCUT2D eigenvalue weighted by molar-refractivity contribution is 0.484. The predicted molar refractivity (Wildman–Crippen MR) is 79.7 cm³/mol. The first-order valence-electron chi connectivity index (χ1n) is 6.67. The summed E-state index contributed by atoms with van der Waals surface area (Å²) in [4.78, 5) is 2.49. The molecule has 0 bridgehead atoms. The Labute approximate surface area is 121 Å². The van der Waals surface area contributed by atoms with Gasteiger partial charge in [0.25, 0.3) is 0 Å². The highest BCUT2D eigenvalue weighted by Gasteiger charge is 2.20. The van der Waals surface area contributed by atoms with E-state index < -0.39 is 0 Å². The van der Waals surface area contributed by atoms with Gasteiger partial charge in [-0.1, -0.05) is 0 Å². The number of benzene rings is 1. The van der Waals surface area contributed by atoms with Crippen LogP contribution in [0, 0.1) is 0 Å². The molecule has 1 aromatic carbocycles. The number of rotatable bonds is 2. The van der Waals surface area contributed by atoms with Crippen LogP contribution in [0.2, 0.25) is 0 Å². The van der Waals surface area contributed by atoms with Crippen LogP contribution in [0.4, 0.5) is 5.69 Å². The van der Waals surface area contributed by atoms with Crippen LogP contribution in [-0.2, 0) is 0 Å². The summed E-state index contributed by atoms with van der Waals surface area (Å²) >= 11 is 3.70. The topological polar surface area (TPSA) is 34.0 Å². The van der Waals surface area contributed by atoms with Gasteiger partial charge in [0.2, 0.25) is 0 Å². The van der Waals surface area contributed by atoms with E-state index in [1.807, 2.05) is 4.57 Å². The summed E-state index contributed by atoms with van der Waals surface area (Å²) in [5.74, 6) is 0. The van der Waals surface area contributed by atoms with Crippen LogP contribution >= 0.6 is 15.9 Å². The highest BCUT2D eigenvalue weighted by Crippen LogP contribution is 2.32. The van der Waals surface area contributed by atoms with Gasteiger partial charge in [0.05, 0.1) is 5.69 Å². The number of anilines is 1. The molecule has 1 atom stereocenters. The van der Waals surface area contributed by atoms with E-state index in [-0.39, 0.29) is 0 Å². The maximum Gasteiger partial charge on any atom is 0.123 e. The van der Waals surface area contributed by atoms with E-state index in [1.54, 1.807) is 12.7 Å². The van der Waals surface area contributed by atoms with Gasteiger partial charge in [-0.15, -0.1) is 10.2 Å². The molecule has 1 aromatic heterocycles. The number of hydrogen-bond acceptors (Lipinski definition) is 3. The first kappa shape index (κ1) is 12.7. The fourth-order valence-corrected chi connectivity index (χ4v) is 3.27. The van der Waals surface area contributed by atoms with Crippen LogP contribution in [0.5, 0.6) is 0 Å². The molecule has 2 heterocycles. The van der Waals surface area contributed by atoms with Crippen molar-refractivity contribution < 1.29 is 0 Å². The maximum absolute atomic E-state index is 3.84. The van der Waals surface area contributed by atoms with E-state index in [0.29, 0.717) is 6.04 Å². The van der Waals surface area contributed by atoms with Gasteiger partial charge in [0.15, 0.2) is 0 Å². The van der Waals surface area contributed by atoms with Crippen LogP contribution in [-0.4, -0.2) is 27.4 Å². The number of piperidine rings is 1. The molecule has 0 spiro atoms. The third-order valence-corrected chi connectivity index (χ3v) is 4.40. The van der Waals surface area contributed by atoms with Crippen molar-refractivity contribution in [1.29, 1.82) is 0 Å². The van der Waals surface area contributed by atoms with Crippen LogP contribution in [0.25, 0.3) is 5.69 Å². The van der Waals surface area contributed by atoms with Gasteiger partial charge in [-0.3, -0.25) is 4.57 Å². The van der Waals surface area contributed by atoms with Crippen molar-refractivity contribution in [2.75, 3.05) is 11.4 Å². The van der Waals surface area contributed by atoms with Crippen molar-refractivity contribution in [2.24, 2.45) is 0 Å². The Kier molecular flexibility index (Phi) is 3.55. The Hall–Kier alpha value is -1.36. The zero-order chi connectivity index (χ0) is 13.2. The second-order valence-electron chi connectivity index (χ2n) is 5.04. The largest absolute Gasteiger partial charge is 0.368 e. The van der Waals surface area contributed by atoms with Crippen molar-refractivity contribution in [3.63, 3.8) is 0 Å². The lowest BCUT2D eigenvalue weighted by atomic mass is 10.0. The molecule has 3 rings (SSSR count). The summed E-state index contributed by atoms with van der Waals surface area (Å²) in [5.41, 5.74) is 2.36. The van der Waals surface area contributed by atoms with Crippen molar-refractivity contribution in [3.05, 3.63) is 35.3 Å². The Morgan fingerprint density at radius 2 is 2.00 bits per heavy atom. The van der Waals surface area contributed by atoms with Gasteiger partial charge < -0.3 is 4.90 Å². The van der Waals surface area contributed by atoms with Crippen molar-refractivity contribution in [3.8, 4) is 5.69 Å². The molecule has 1 saturated heterocycles. The van der Waals surface area contributed by atoms with Crippen LogP contribution < -0.4 is 4.90 Å². The van der Waals surface area contributed by atoms with Crippen molar-refractivity contribution >= 4 is 21.6 Å². The molecule has 0 aliphatic carbocycles. The molecule has 4 nitrogen and oxygen atoms in total. The molecule has 1 aliphatic heterocycles. The molecule has 100 valence electrons. The van der Waals surface area contributed by atoms with Gasteiger partial charge >= 0.3 is 0 Å². The Morgan fingerprint density at radius 3 is 2.68 bits per heavy atom. The zero-order valence-electron chi connectivity index (χ0n) is 11.0. The molecule has 1 unspecified atom stereocenters. The minimum Gasteiger partial charge on any atom is -0.368 e. The molecule has 5 heteroatoms. The van der Waals surface area contributed by atoms with Crippen LogP contribution in [0.15, 0.2) is 35.3 Å². The van der Waals surface area contributed by atoms with E-state index in [1.165, 1.54) is 24.9 Å². The third-order valence-electron chi connectivity index (χ3n) is 3.76. The van der Waals surface area contributed by atoms with E-state index in [4.69, 9.17) is 0 Å². The molecule has 0 radical (unpaired) electrons. The molecular formula is C14H17BrN4. The van der Waals surface area contributed by atoms with Gasteiger partial charge in [0, 0.05) is 22.7 Å². The third kappa shape index (κ3) is 2.52. The quantitative estimate of drug-likeness (QED) is 0.850. The molecule has 19 heavy (non-hydrogen) atoms. The number of hydrogen-bond donors (Lipinski definition) is 0. The molecule has 1 fully saturated rings. The minimum atomic E-state index is 0.616. The number of aromatic nitrogens is 3. The van der Waals surface area contributed by atoms with Gasteiger partial charge in [0.1, 0.15) is 12.7 Å². The molecule has 0 amide bonds. The Balaban J connectivity index is 1.91. The summed E-state index contributed by atoms with van der Waals surface area (Å²) in [5, 5.41) is 7.68. The van der Waals surface area contributed by atoms with E-state index in [2.05, 4.69) is 56.2 Å². The van der Waals surface area contributed by atoms with Crippen molar-refractivity contribution in [1.82, 2.24) is 14.8 Å². The van der Waals surface area contributed by atoms with Crippen LogP contribution in [0.3, 0.4) is 0 Å². The van der Waals surface area contributed by atoms with E-state index >= 15 is 0 Å². The van der Waals surface area contributed by atoms with Crippen LogP contribution in [0.1, 0.15) is 26.2 Å². The molecule has 0 N–H and O–H groups in total. The summed E-state index contributed by atoms with van der Waals surface area (Å²) in [6.07, 6.45) is 7.33. The normalized spacial score (nSPS) is 19.7. The average Bonchev–Trinajstić information content (AvgIpc) is 2.94. The highest BCUT2D eigenvalue weighted by atomic mass is 79.9. The number of nitrogens with zero attached hydrogens (tertiary/aromatic N) is 4. The first-order chi connectivity index (χ1) is 9.25. The number of halogens is 1. The summed E-state index contributed by atoms with van der Waals surface area (Å²) in [6, 6.07) is 7.04. The monoisotopic (exact) mass is 320 g/mol. The maximum atomic E-state index is 3.84. The zero-order valence-corrected chi connectivity index (χ0v) is 12.5. The molecule has 0 saturated carbocycles. The van der Waals surface area contributed by atoms with Gasteiger partial charge in [-0.2, -0.15) is 0 Å². The predicted octanol–water partition coefficient (Wildman–Crippen LogP) is 3.41. The Bertz CT molecular complexity index is 553. The molecule has 2 aromatic rings. The smallest absolute Gasteiger partial charge is 0.123 e. The molecule has 1 aliphatic rings. The van der Waals surface area contributed by atoms with Gasteiger partial charge in [-0.05, 0) is 60.3 Å². The van der Waals surface area contributed by atoms with Gasteiger partial charge in [-0.25, -0.2) is 0 Å². The minimum absolute atomic E-state index is 0.616.